The molecule has 0 bridgehead atoms. The summed E-state index contributed by atoms with van der Waals surface area (Å²) in [5.41, 5.74) is 0. The Kier molecular flexibility index (Phi) is 4.41. The maximum Gasteiger partial charge on any atom is 0.233 e. The Morgan fingerprint density at radius 2 is 2.12 bits per heavy atom. The highest BCUT2D eigenvalue weighted by Gasteiger charge is 2.21. The lowest BCUT2D eigenvalue weighted by molar-refractivity contribution is -0.122. The average Bonchev–Trinajstić information content (AvgIpc) is 2.63. The van der Waals surface area contributed by atoms with Crippen LogP contribution in [0.5, 0.6) is 0 Å². The number of carbonyl (C=O) groups excluding carboxylic acids is 1. The fourth-order valence-electron chi connectivity index (χ4n) is 1.24. The second-order valence-electron chi connectivity index (χ2n) is 4.23. The quantitative estimate of drug-likeness (QED) is 0.795. The highest BCUT2D eigenvalue weighted by atomic mass is 32.1. The normalized spacial score (nSPS) is 14.9. The van der Waals surface area contributed by atoms with E-state index in [0.717, 1.165) is 5.76 Å². The van der Waals surface area contributed by atoms with E-state index in [1.807, 2.05) is 27.7 Å². The molecule has 1 heterocycles. The fraction of sp³-hybridized carbons (Fsp3) is 0.636. The minimum atomic E-state index is -0.307. The van der Waals surface area contributed by atoms with Crippen molar-refractivity contribution in [3.05, 3.63) is 17.8 Å². The van der Waals surface area contributed by atoms with Gasteiger partial charge in [-0.2, -0.15) is 12.6 Å². The Hall–Kier alpha value is -0.970. The van der Waals surface area contributed by atoms with Crippen LogP contribution >= 0.6 is 12.6 Å². The predicted octanol–water partition coefficient (Wildman–Crippen LogP) is 2.11. The summed E-state index contributed by atoms with van der Waals surface area (Å²) in [6.45, 7) is 7.57. The first-order valence-electron chi connectivity index (χ1n) is 5.32. The van der Waals surface area contributed by atoms with E-state index in [9.17, 15) is 4.79 Å². The molecule has 16 heavy (non-hydrogen) atoms. The topological polar surface area (TPSA) is 55.1 Å². The number of oxazole rings is 1. The molecule has 1 N–H and O–H groups in total. The van der Waals surface area contributed by atoms with Gasteiger partial charge < -0.3 is 9.73 Å². The van der Waals surface area contributed by atoms with E-state index < -0.39 is 0 Å². The number of rotatable bonds is 4. The molecule has 5 heteroatoms. The molecule has 0 aliphatic carbocycles. The van der Waals surface area contributed by atoms with Gasteiger partial charge in [0.05, 0.1) is 11.4 Å². The third-order valence-corrected chi connectivity index (χ3v) is 3.10. The predicted molar refractivity (Wildman–Crippen MR) is 65.4 cm³/mol. The Labute approximate surface area is 101 Å². The molecular weight excluding hydrogens is 224 g/mol. The van der Waals surface area contributed by atoms with Gasteiger partial charge >= 0.3 is 0 Å². The van der Waals surface area contributed by atoms with Crippen molar-refractivity contribution in [3.63, 3.8) is 0 Å². The van der Waals surface area contributed by atoms with Crippen molar-refractivity contribution in [2.45, 2.75) is 39.0 Å². The Balaban J connectivity index is 2.58. The number of carbonyl (C=O) groups is 1. The molecule has 0 aliphatic rings. The lowest BCUT2D eigenvalue weighted by Gasteiger charge is -2.17. The van der Waals surface area contributed by atoms with Crippen LogP contribution in [0, 0.1) is 12.8 Å². The standard InChI is InChI=1S/C11H18N2O2S/c1-6(2)9(16)10(14)13-8(4)11-12-5-7(3)15-11/h5-6,8-9,16H,1-4H3,(H,13,14). The molecular formula is C11H18N2O2S. The molecule has 0 saturated heterocycles. The Bertz CT molecular complexity index is 363. The van der Waals surface area contributed by atoms with Crippen molar-refractivity contribution in [3.8, 4) is 0 Å². The number of hydrogen-bond donors (Lipinski definition) is 2. The van der Waals surface area contributed by atoms with Gasteiger partial charge in [0.15, 0.2) is 0 Å². The van der Waals surface area contributed by atoms with Crippen LogP contribution in [0.15, 0.2) is 10.6 Å². The molecule has 1 amide bonds. The number of amides is 1. The van der Waals surface area contributed by atoms with Crippen LogP contribution in [0.1, 0.15) is 38.5 Å². The molecule has 90 valence electrons. The van der Waals surface area contributed by atoms with E-state index in [0.29, 0.717) is 5.89 Å². The first-order valence-corrected chi connectivity index (χ1v) is 5.84. The van der Waals surface area contributed by atoms with E-state index in [1.165, 1.54) is 0 Å². The molecule has 0 spiro atoms. The monoisotopic (exact) mass is 242 g/mol. The van der Waals surface area contributed by atoms with E-state index >= 15 is 0 Å². The first-order chi connectivity index (χ1) is 7.41. The van der Waals surface area contributed by atoms with Crippen molar-refractivity contribution in [1.29, 1.82) is 0 Å². The molecule has 0 aliphatic heterocycles. The van der Waals surface area contributed by atoms with Gasteiger partial charge in [-0.05, 0) is 19.8 Å². The van der Waals surface area contributed by atoms with E-state index in [1.54, 1.807) is 6.20 Å². The molecule has 1 aromatic heterocycles. The zero-order chi connectivity index (χ0) is 12.3. The van der Waals surface area contributed by atoms with Crippen molar-refractivity contribution in [2.75, 3.05) is 0 Å². The number of thiol groups is 1. The highest BCUT2D eigenvalue weighted by molar-refractivity contribution is 7.81. The lowest BCUT2D eigenvalue weighted by Crippen LogP contribution is -2.36. The Morgan fingerprint density at radius 3 is 2.56 bits per heavy atom. The second-order valence-corrected chi connectivity index (χ2v) is 4.78. The third kappa shape index (κ3) is 3.27. The van der Waals surface area contributed by atoms with E-state index in [4.69, 9.17) is 4.42 Å². The van der Waals surface area contributed by atoms with E-state index in [-0.39, 0.29) is 23.1 Å². The number of aryl methyl sites for hydroxylation is 1. The van der Waals surface area contributed by atoms with Crippen LogP contribution in [-0.2, 0) is 4.79 Å². The highest BCUT2D eigenvalue weighted by Crippen LogP contribution is 2.14. The largest absolute Gasteiger partial charge is 0.444 e. The molecule has 0 radical (unpaired) electrons. The van der Waals surface area contributed by atoms with Crippen molar-refractivity contribution in [1.82, 2.24) is 10.3 Å². The third-order valence-electron chi connectivity index (χ3n) is 2.27. The van der Waals surface area contributed by atoms with Gasteiger partial charge in [-0.1, -0.05) is 13.8 Å². The zero-order valence-corrected chi connectivity index (χ0v) is 10.9. The number of nitrogens with one attached hydrogen (secondary N) is 1. The van der Waals surface area contributed by atoms with Crippen LogP contribution in [0.2, 0.25) is 0 Å². The summed E-state index contributed by atoms with van der Waals surface area (Å²) in [7, 11) is 0. The average molecular weight is 242 g/mol. The van der Waals surface area contributed by atoms with Gasteiger partial charge in [0, 0.05) is 0 Å². The lowest BCUT2D eigenvalue weighted by atomic mass is 10.1. The maximum atomic E-state index is 11.7. The molecule has 1 aromatic rings. The van der Waals surface area contributed by atoms with Gasteiger partial charge in [-0.3, -0.25) is 4.79 Å². The number of nitrogens with zero attached hydrogens (tertiary/aromatic N) is 1. The molecule has 0 aromatic carbocycles. The van der Waals surface area contributed by atoms with Gasteiger partial charge in [0.2, 0.25) is 11.8 Å². The zero-order valence-electron chi connectivity index (χ0n) is 10.0. The summed E-state index contributed by atoms with van der Waals surface area (Å²) in [5, 5.41) is 2.51. The van der Waals surface area contributed by atoms with Gasteiger partial charge in [-0.25, -0.2) is 4.98 Å². The van der Waals surface area contributed by atoms with Crippen LogP contribution in [-0.4, -0.2) is 16.1 Å². The molecule has 2 atom stereocenters. The smallest absolute Gasteiger partial charge is 0.233 e. The molecule has 0 fully saturated rings. The molecule has 0 saturated carbocycles. The maximum absolute atomic E-state index is 11.7. The number of hydrogen-bond acceptors (Lipinski definition) is 4. The summed E-state index contributed by atoms with van der Waals surface area (Å²) in [6.07, 6.45) is 1.64. The summed E-state index contributed by atoms with van der Waals surface area (Å²) < 4.78 is 5.34. The molecule has 1 rings (SSSR count). The summed E-state index contributed by atoms with van der Waals surface area (Å²) in [6, 6.07) is -0.227. The second kappa shape index (κ2) is 5.39. The van der Waals surface area contributed by atoms with Crippen molar-refractivity contribution in [2.24, 2.45) is 5.92 Å². The van der Waals surface area contributed by atoms with Crippen LogP contribution < -0.4 is 5.32 Å². The summed E-state index contributed by atoms with van der Waals surface area (Å²) in [4.78, 5) is 15.8. The Morgan fingerprint density at radius 1 is 1.50 bits per heavy atom. The van der Waals surface area contributed by atoms with Gasteiger partial charge in [0.25, 0.3) is 0 Å². The van der Waals surface area contributed by atoms with Crippen LogP contribution in [0.3, 0.4) is 0 Å². The van der Waals surface area contributed by atoms with Crippen molar-refractivity contribution >= 4 is 18.5 Å². The number of aromatic nitrogens is 1. The fourth-order valence-corrected chi connectivity index (χ4v) is 1.31. The minimum absolute atomic E-state index is 0.0957. The van der Waals surface area contributed by atoms with Gasteiger partial charge in [-0.15, -0.1) is 0 Å². The SMILES string of the molecule is Cc1cnc(C(C)NC(=O)C(S)C(C)C)o1. The summed E-state index contributed by atoms with van der Waals surface area (Å²) >= 11 is 4.25. The summed E-state index contributed by atoms with van der Waals surface area (Å²) in [5.74, 6) is 1.36. The van der Waals surface area contributed by atoms with Gasteiger partial charge in [0.1, 0.15) is 11.8 Å². The molecule has 4 nitrogen and oxygen atoms in total. The first kappa shape index (κ1) is 13.1. The molecule has 2 unspecified atom stereocenters. The van der Waals surface area contributed by atoms with Crippen molar-refractivity contribution < 1.29 is 9.21 Å². The van der Waals surface area contributed by atoms with Crippen LogP contribution in [0.4, 0.5) is 0 Å². The minimum Gasteiger partial charge on any atom is -0.444 e. The van der Waals surface area contributed by atoms with Crippen LogP contribution in [0.25, 0.3) is 0 Å². The van der Waals surface area contributed by atoms with E-state index in [2.05, 4.69) is 22.9 Å².